The molecule has 20 heavy (non-hydrogen) atoms. The quantitative estimate of drug-likeness (QED) is 0.707. The molecule has 0 saturated carbocycles. The molecule has 0 saturated heterocycles. The fraction of sp³-hybridized carbons (Fsp3) is 0.200. The van der Waals surface area contributed by atoms with Crippen molar-refractivity contribution in [2.75, 3.05) is 0 Å². The minimum Gasteiger partial charge on any atom is -0.481 e. The van der Waals surface area contributed by atoms with Gasteiger partial charge in [0.25, 0.3) is 0 Å². The number of hydrogen-bond acceptors (Lipinski definition) is 4. The Kier molecular flexibility index (Phi) is 5.03. The monoisotopic (exact) mass is 325 g/mol. The van der Waals surface area contributed by atoms with Gasteiger partial charge in [-0.25, -0.2) is 12.8 Å². The fourth-order valence-electron chi connectivity index (χ4n) is 1.30. The molecule has 0 aliphatic heterocycles. The summed E-state index contributed by atoms with van der Waals surface area (Å²) in [5.41, 5.74) is 0. The molecule has 0 aliphatic carbocycles. The van der Waals surface area contributed by atoms with Crippen LogP contribution < -0.4 is 4.72 Å². The number of rotatable bonds is 6. The molecule has 0 bridgehead atoms. The standard InChI is InChI=1S/C10H9ClFNO6S/c11-6-3-5(12)1-2-8(6)20(18,19)13-7(10(16)17)4-9(14)15/h1-3,7,13H,4H2,(H,14,15)(H,16,17)/t7-/m1/s1. The van der Waals surface area contributed by atoms with E-state index in [2.05, 4.69) is 0 Å². The van der Waals surface area contributed by atoms with Crippen molar-refractivity contribution >= 4 is 33.6 Å². The van der Waals surface area contributed by atoms with Crippen LogP contribution in [0.4, 0.5) is 4.39 Å². The minimum absolute atomic E-state index is 0.447. The van der Waals surface area contributed by atoms with Crippen LogP contribution in [0.2, 0.25) is 5.02 Å². The van der Waals surface area contributed by atoms with Crippen LogP contribution in [0.5, 0.6) is 0 Å². The topological polar surface area (TPSA) is 121 Å². The van der Waals surface area contributed by atoms with Crippen LogP contribution >= 0.6 is 11.6 Å². The van der Waals surface area contributed by atoms with Gasteiger partial charge in [0, 0.05) is 0 Å². The van der Waals surface area contributed by atoms with E-state index < -0.39 is 50.2 Å². The zero-order valence-corrected chi connectivity index (χ0v) is 11.3. The Balaban J connectivity index is 3.09. The molecule has 0 aromatic heterocycles. The lowest BCUT2D eigenvalue weighted by molar-refractivity contribution is -0.145. The molecule has 1 aromatic rings. The molecule has 0 unspecified atom stereocenters. The van der Waals surface area contributed by atoms with E-state index in [1.165, 1.54) is 0 Å². The maximum atomic E-state index is 12.8. The predicted octanol–water partition coefficient (Wildman–Crippen LogP) is 0.685. The van der Waals surface area contributed by atoms with E-state index in [1.807, 2.05) is 0 Å². The number of sulfonamides is 1. The average Bonchev–Trinajstić information content (AvgIpc) is 2.26. The third kappa shape index (κ3) is 4.15. The van der Waals surface area contributed by atoms with Crippen LogP contribution in [0.1, 0.15) is 6.42 Å². The molecule has 110 valence electrons. The zero-order valence-electron chi connectivity index (χ0n) is 9.71. The highest BCUT2D eigenvalue weighted by Crippen LogP contribution is 2.22. The van der Waals surface area contributed by atoms with Crippen LogP contribution in [-0.2, 0) is 19.6 Å². The molecule has 0 fully saturated rings. The van der Waals surface area contributed by atoms with Crippen molar-refractivity contribution in [2.24, 2.45) is 0 Å². The number of carboxylic acid groups (broad SMARTS) is 2. The second kappa shape index (κ2) is 6.16. The smallest absolute Gasteiger partial charge is 0.322 e. The summed E-state index contributed by atoms with van der Waals surface area (Å²) < 4.78 is 38.3. The Morgan fingerprint density at radius 3 is 2.40 bits per heavy atom. The summed E-state index contributed by atoms with van der Waals surface area (Å²) in [6, 6.07) is 0.550. The average molecular weight is 326 g/mol. The molecule has 7 nitrogen and oxygen atoms in total. The number of aliphatic carboxylic acids is 2. The van der Waals surface area contributed by atoms with Gasteiger partial charge in [-0.15, -0.1) is 0 Å². The lowest BCUT2D eigenvalue weighted by Crippen LogP contribution is -2.42. The van der Waals surface area contributed by atoms with Gasteiger partial charge in [-0.05, 0) is 18.2 Å². The Hall–Kier alpha value is -1.71. The van der Waals surface area contributed by atoms with Crippen LogP contribution in [0.15, 0.2) is 23.1 Å². The largest absolute Gasteiger partial charge is 0.481 e. The van der Waals surface area contributed by atoms with Gasteiger partial charge in [0.1, 0.15) is 16.8 Å². The lowest BCUT2D eigenvalue weighted by atomic mass is 10.2. The first-order chi connectivity index (χ1) is 9.13. The molecule has 3 N–H and O–H groups in total. The summed E-state index contributed by atoms with van der Waals surface area (Å²) in [5.74, 6) is -3.92. The molecular formula is C10H9ClFNO6S. The molecule has 1 aromatic carbocycles. The molecule has 0 amide bonds. The summed E-state index contributed by atoms with van der Waals surface area (Å²) in [5, 5.41) is 16.8. The number of halogens is 2. The molecule has 0 radical (unpaired) electrons. The van der Waals surface area contributed by atoms with Gasteiger partial charge in [0.15, 0.2) is 0 Å². The third-order valence-electron chi connectivity index (χ3n) is 2.16. The molecule has 1 atom stereocenters. The van der Waals surface area contributed by atoms with Crippen molar-refractivity contribution in [2.45, 2.75) is 17.4 Å². The minimum atomic E-state index is -4.39. The summed E-state index contributed by atoms with van der Waals surface area (Å²) >= 11 is 5.56. The maximum Gasteiger partial charge on any atom is 0.322 e. The van der Waals surface area contributed by atoms with E-state index in [0.29, 0.717) is 0 Å². The van der Waals surface area contributed by atoms with E-state index in [0.717, 1.165) is 18.2 Å². The number of carbonyl (C=O) groups is 2. The van der Waals surface area contributed by atoms with Crippen molar-refractivity contribution in [1.82, 2.24) is 4.72 Å². The first-order valence-electron chi connectivity index (χ1n) is 5.05. The highest BCUT2D eigenvalue weighted by atomic mass is 35.5. The zero-order chi connectivity index (χ0) is 15.5. The molecule has 0 heterocycles. The fourth-order valence-corrected chi connectivity index (χ4v) is 3.02. The van der Waals surface area contributed by atoms with Crippen LogP contribution in [0.25, 0.3) is 0 Å². The summed E-state index contributed by atoms with van der Waals surface area (Å²) in [7, 11) is -4.39. The van der Waals surface area contributed by atoms with Gasteiger partial charge < -0.3 is 10.2 Å². The van der Waals surface area contributed by atoms with E-state index >= 15 is 0 Å². The van der Waals surface area contributed by atoms with Crippen LogP contribution in [-0.4, -0.2) is 36.6 Å². The molecule has 0 spiro atoms. The Morgan fingerprint density at radius 2 is 1.95 bits per heavy atom. The van der Waals surface area contributed by atoms with E-state index in [4.69, 9.17) is 21.8 Å². The highest BCUT2D eigenvalue weighted by Gasteiger charge is 2.28. The first-order valence-corrected chi connectivity index (χ1v) is 6.91. The summed E-state index contributed by atoms with van der Waals surface area (Å²) in [6.45, 7) is 0. The van der Waals surface area contributed by atoms with E-state index in [9.17, 15) is 22.4 Å². The van der Waals surface area contributed by atoms with E-state index in [-0.39, 0.29) is 0 Å². The summed E-state index contributed by atoms with van der Waals surface area (Å²) in [6.07, 6.45) is -0.951. The van der Waals surface area contributed by atoms with Gasteiger partial charge in [-0.3, -0.25) is 9.59 Å². The normalized spacial score (nSPS) is 12.9. The molecule has 0 aliphatic rings. The third-order valence-corrected chi connectivity index (χ3v) is 4.11. The summed E-state index contributed by atoms with van der Waals surface area (Å²) in [4.78, 5) is 20.7. The van der Waals surface area contributed by atoms with Gasteiger partial charge >= 0.3 is 11.9 Å². The van der Waals surface area contributed by atoms with Crippen molar-refractivity contribution < 1.29 is 32.6 Å². The second-order valence-corrected chi connectivity index (χ2v) is 5.77. The Morgan fingerprint density at radius 1 is 1.35 bits per heavy atom. The van der Waals surface area contributed by atoms with Gasteiger partial charge in [0.05, 0.1) is 11.4 Å². The number of benzene rings is 1. The number of nitrogens with one attached hydrogen (secondary N) is 1. The number of carboxylic acids is 2. The Bertz CT molecular complexity index is 647. The second-order valence-electron chi connectivity index (χ2n) is 3.68. The Labute approximate surface area is 118 Å². The molecule has 1 rings (SSSR count). The van der Waals surface area contributed by atoms with Crippen molar-refractivity contribution in [3.8, 4) is 0 Å². The van der Waals surface area contributed by atoms with Crippen molar-refractivity contribution in [3.05, 3.63) is 29.0 Å². The SMILES string of the molecule is O=C(O)C[C@@H](NS(=O)(=O)c1ccc(F)cc1Cl)C(=O)O. The molecular weight excluding hydrogens is 317 g/mol. The number of hydrogen-bond donors (Lipinski definition) is 3. The lowest BCUT2D eigenvalue weighted by Gasteiger charge is -2.13. The maximum absolute atomic E-state index is 12.8. The van der Waals surface area contributed by atoms with E-state index in [1.54, 1.807) is 4.72 Å². The molecule has 10 heteroatoms. The van der Waals surface area contributed by atoms with Crippen molar-refractivity contribution in [3.63, 3.8) is 0 Å². The van der Waals surface area contributed by atoms with Crippen molar-refractivity contribution in [1.29, 1.82) is 0 Å². The highest BCUT2D eigenvalue weighted by molar-refractivity contribution is 7.89. The van der Waals surface area contributed by atoms with Gasteiger partial charge in [-0.1, -0.05) is 11.6 Å². The predicted molar refractivity (Wildman–Crippen MR) is 65.4 cm³/mol. The van der Waals surface area contributed by atoms with Gasteiger partial charge in [-0.2, -0.15) is 4.72 Å². The van der Waals surface area contributed by atoms with Crippen LogP contribution in [0, 0.1) is 5.82 Å². The van der Waals surface area contributed by atoms with Crippen LogP contribution in [0.3, 0.4) is 0 Å². The first kappa shape index (κ1) is 16.3. The van der Waals surface area contributed by atoms with Gasteiger partial charge in [0.2, 0.25) is 10.0 Å².